The Bertz CT molecular complexity index is 742. The summed E-state index contributed by atoms with van der Waals surface area (Å²) in [5.41, 5.74) is 9.93. The number of anilines is 1. The van der Waals surface area contributed by atoms with Crippen LogP contribution in [0.3, 0.4) is 0 Å². The summed E-state index contributed by atoms with van der Waals surface area (Å²) in [6.45, 7) is 4.57. The van der Waals surface area contributed by atoms with Crippen LogP contribution in [0.4, 0.5) is 5.69 Å². The summed E-state index contributed by atoms with van der Waals surface area (Å²) in [4.78, 5) is 4.72. The van der Waals surface area contributed by atoms with Crippen molar-refractivity contribution < 1.29 is 0 Å². The average Bonchev–Trinajstić information content (AvgIpc) is 2.80. The van der Waals surface area contributed by atoms with Crippen LogP contribution in [0.2, 0.25) is 0 Å². The number of nitrogens with zero attached hydrogens (tertiary/aromatic N) is 2. The summed E-state index contributed by atoms with van der Waals surface area (Å²) >= 11 is 0. The van der Waals surface area contributed by atoms with Crippen LogP contribution in [-0.4, -0.2) is 9.55 Å². The number of allylic oxidation sites excluding steroid dienone is 1. The Morgan fingerprint density at radius 1 is 1.10 bits per heavy atom. The second kappa shape index (κ2) is 5.21. The van der Waals surface area contributed by atoms with Crippen LogP contribution >= 0.6 is 0 Å². The van der Waals surface area contributed by atoms with Gasteiger partial charge in [0.15, 0.2) is 0 Å². The highest BCUT2D eigenvalue weighted by atomic mass is 15.1. The molecular formula is C17H17N3. The number of hydrogen-bond donors (Lipinski definition) is 1. The Hall–Kier alpha value is -2.55. The average molecular weight is 263 g/mol. The zero-order valence-electron chi connectivity index (χ0n) is 11.3. The summed E-state index contributed by atoms with van der Waals surface area (Å²) in [5.74, 6) is 1.02. The highest BCUT2D eigenvalue weighted by molar-refractivity contribution is 5.87. The third-order valence-corrected chi connectivity index (χ3v) is 3.41. The van der Waals surface area contributed by atoms with Crippen molar-refractivity contribution in [1.29, 1.82) is 0 Å². The Kier molecular flexibility index (Phi) is 3.25. The predicted molar refractivity (Wildman–Crippen MR) is 83.6 cm³/mol. The number of aromatic nitrogens is 2. The molecule has 0 bridgehead atoms. The summed E-state index contributed by atoms with van der Waals surface area (Å²) in [7, 11) is 0. The van der Waals surface area contributed by atoms with E-state index in [-0.39, 0.29) is 0 Å². The van der Waals surface area contributed by atoms with Gasteiger partial charge in [0.1, 0.15) is 11.3 Å². The largest absolute Gasteiger partial charge is 0.397 e. The van der Waals surface area contributed by atoms with E-state index in [9.17, 15) is 0 Å². The molecule has 0 unspecified atom stereocenters. The molecule has 2 aromatic carbocycles. The first-order valence-corrected chi connectivity index (χ1v) is 6.68. The molecule has 0 fully saturated rings. The molecule has 1 aromatic heterocycles. The maximum Gasteiger partial charge on any atom is 0.114 e. The summed E-state index contributed by atoms with van der Waals surface area (Å²) in [6, 6.07) is 16.2. The minimum absolute atomic E-state index is 0.722. The fourth-order valence-electron chi connectivity index (χ4n) is 2.46. The van der Waals surface area contributed by atoms with E-state index in [1.807, 2.05) is 36.4 Å². The van der Waals surface area contributed by atoms with Gasteiger partial charge in [0, 0.05) is 13.0 Å². The second-order valence-corrected chi connectivity index (χ2v) is 4.80. The number of rotatable bonds is 4. The molecule has 0 spiro atoms. The summed E-state index contributed by atoms with van der Waals surface area (Å²) in [5, 5.41) is 0. The Morgan fingerprint density at radius 2 is 1.90 bits per heavy atom. The van der Waals surface area contributed by atoms with Gasteiger partial charge in [-0.15, -0.1) is 6.58 Å². The van der Waals surface area contributed by atoms with E-state index in [0.29, 0.717) is 0 Å². The minimum atomic E-state index is 0.722. The molecule has 100 valence electrons. The number of benzene rings is 2. The molecule has 0 aliphatic rings. The van der Waals surface area contributed by atoms with Crippen molar-refractivity contribution in [1.82, 2.24) is 9.55 Å². The van der Waals surface area contributed by atoms with Crippen molar-refractivity contribution in [3.63, 3.8) is 0 Å². The van der Waals surface area contributed by atoms with Crippen LogP contribution in [0, 0.1) is 0 Å². The lowest BCUT2D eigenvalue weighted by molar-refractivity contribution is 0.780. The van der Waals surface area contributed by atoms with Gasteiger partial charge in [-0.2, -0.15) is 0 Å². The quantitative estimate of drug-likeness (QED) is 0.579. The first-order valence-electron chi connectivity index (χ1n) is 6.68. The molecule has 2 N–H and O–H groups in total. The van der Waals surface area contributed by atoms with Gasteiger partial charge in [-0.3, -0.25) is 0 Å². The van der Waals surface area contributed by atoms with Crippen molar-refractivity contribution in [2.75, 3.05) is 5.73 Å². The molecule has 0 amide bonds. The van der Waals surface area contributed by atoms with Gasteiger partial charge in [-0.25, -0.2) is 4.98 Å². The normalized spacial score (nSPS) is 10.8. The lowest BCUT2D eigenvalue weighted by atomic mass is 10.1. The number of imidazole rings is 1. The highest BCUT2D eigenvalue weighted by Gasteiger charge is 2.11. The monoisotopic (exact) mass is 263 g/mol. The molecule has 0 atom stereocenters. The molecule has 0 radical (unpaired) electrons. The van der Waals surface area contributed by atoms with Gasteiger partial charge in [0.2, 0.25) is 0 Å². The van der Waals surface area contributed by atoms with E-state index in [4.69, 9.17) is 10.7 Å². The van der Waals surface area contributed by atoms with Gasteiger partial charge in [-0.05, 0) is 17.7 Å². The number of fused-ring (bicyclic) bond motifs is 1. The standard InChI is InChI=1S/C17H17N3/c1-2-11-20-15-10-6-9-14(18)17(15)19-16(20)12-13-7-4-3-5-8-13/h2-10H,1,11-12,18H2. The molecule has 20 heavy (non-hydrogen) atoms. The minimum Gasteiger partial charge on any atom is -0.397 e. The topological polar surface area (TPSA) is 43.8 Å². The van der Waals surface area contributed by atoms with Crippen LogP contribution in [-0.2, 0) is 13.0 Å². The maximum atomic E-state index is 6.03. The fourth-order valence-corrected chi connectivity index (χ4v) is 2.46. The molecule has 3 heteroatoms. The highest BCUT2D eigenvalue weighted by Crippen LogP contribution is 2.23. The lowest BCUT2D eigenvalue weighted by Gasteiger charge is -2.06. The zero-order valence-corrected chi connectivity index (χ0v) is 11.3. The van der Waals surface area contributed by atoms with Crippen molar-refractivity contribution in [3.05, 3.63) is 72.6 Å². The van der Waals surface area contributed by atoms with Crippen LogP contribution in [0.5, 0.6) is 0 Å². The Balaban J connectivity index is 2.12. The van der Waals surface area contributed by atoms with E-state index in [1.54, 1.807) is 0 Å². The van der Waals surface area contributed by atoms with Gasteiger partial charge >= 0.3 is 0 Å². The number of nitrogen functional groups attached to an aromatic ring is 1. The second-order valence-electron chi connectivity index (χ2n) is 4.80. The predicted octanol–water partition coefficient (Wildman–Crippen LogP) is 3.40. The fraction of sp³-hybridized carbons (Fsp3) is 0.118. The van der Waals surface area contributed by atoms with E-state index in [0.717, 1.165) is 35.5 Å². The molecule has 3 nitrogen and oxygen atoms in total. The van der Waals surface area contributed by atoms with Crippen LogP contribution in [0.15, 0.2) is 61.2 Å². The molecule has 0 saturated heterocycles. The van der Waals surface area contributed by atoms with E-state index < -0.39 is 0 Å². The van der Waals surface area contributed by atoms with Crippen molar-refractivity contribution >= 4 is 16.7 Å². The summed E-state index contributed by atoms with van der Waals surface area (Å²) in [6.07, 6.45) is 2.68. The Morgan fingerprint density at radius 3 is 2.65 bits per heavy atom. The number of hydrogen-bond acceptors (Lipinski definition) is 2. The van der Waals surface area contributed by atoms with Gasteiger partial charge in [0.05, 0.1) is 11.2 Å². The zero-order chi connectivity index (χ0) is 13.9. The van der Waals surface area contributed by atoms with Gasteiger partial charge in [-0.1, -0.05) is 42.5 Å². The molecule has 0 aliphatic heterocycles. The van der Waals surface area contributed by atoms with E-state index >= 15 is 0 Å². The molecule has 3 rings (SSSR count). The van der Waals surface area contributed by atoms with Crippen molar-refractivity contribution in [3.8, 4) is 0 Å². The van der Waals surface area contributed by atoms with Crippen molar-refractivity contribution in [2.45, 2.75) is 13.0 Å². The first kappa shape index (κ1) is 12.5. The third kappa shape index (κ3) is 2.18. The molecule has 1 heterocycles. The smallest absolute Gasteiger partial charge is 0.114 e. The van der Waals surface area contributed by atoms with E-state index in [2.05, 4.69) is 29.3 Å². The summed E-state index contributed by atoms with van der Waals surface area (Å²) < 4.78 is 2.17. The molecule has 0 aliphatic carbocycles. The van der Waals surface area contributed by atoms with Gasteiger partial charge in [0.25, 0.3) is 0 Å². The lowest BCUT2D eigenvalue weighted by Crippen LogP contribution is -2.03. The van der Waals surface area contributed by atoms with Gasteiger partial charge < -0.3 is 10.3 Å². The maximum absolute atomic E-state index is 6.03. The van der Waals surface area contributed by atoms with Crippen LogP contribution in [0.1, 0.15) is 11.4 Å². The first-order chi connectivity index (χ1) is 9.79. The SMILES string of the molecule is C=CCn1c(Cc2ccccc2)nc2c(N)cccc21. The van der Waals surface area contributed by atoms with Crippen LogP contribution < -0.4 is 5.73 Å². The molecule has 0 saturated carbocycles. The number of para-hydroxylation sites is 1. The molecular weight excluding hydrogens is 246 g/mol. The van der Waals surface area contributed by atoms with E-state index in [1.165, 1.54) is 5.56 Å². The Labute approximate surface area is 118 Å². The third-order valence-electron chi connectivity index (χ3n) is 3.41. The molecule has 3 aromatic rings. The van der Waals surface area contributed by atoms with Crippen molar-refractivity contribution in [2.24, 2.45) is 0 Å². The number of nitrogens with two attached hydrogens (primary N) is 1. The van der Waals surface area contributed by atoms with Crippen LogP contribution in [0.25, 0.3) is 11.0 Å².